The van der Waals surface area contributed by atoms with Crippen LogP contribution in [-0.2, 0) is 0 Å². The van der Waals surface area contributed by atoms with E-state index in [0.29, 0.717) is 5.15 Å². The van der Waals surface area contributed by atoms with E-state index in [1.54, 1.807) is 17.4 Å². The Labute approximate surface area is 107 Å². The van der Waals surface area contributed by atoms with Crippen molar-refractivity contribution in [2.24, 2.45) is 0 Å². The molecule has 1 aromatic carbocycles. The summed E-state index contributed by atoms with van der Waals surface area (Å²) in [5, 5.41) is 3.69. The first-order valence-electron chi connectivity index (χ1n) is 5.04. The zero-order valence-corrected chi connectivity index (χ0v) is 10.3. The third-order valence-electron chi connectivity index (χ3n) is 2.32. The molecule has 1 N–H and O–H groups in total. The number of fused-ring (bicyclic) bond motifs is 1. The van der Waals surface area contributed by atoms with Gasteiger partial charge in [-0.05, 0) is 30.3 Å². The molecule has 0 saturated carbocycles. The molecule has 2 heterocycles. The molecule has 0 aliphatic heterocycles. The quantitative estimate of drug-likeness (QED) is 0.706. The van der Waals surface area contributed by atoms with Crippen molar-refractivity contribution in [1.29, 1.82) is 0 Å². The predicted molar refractivity (Wildman–Crippen MR) is 72.1 cm³/mol. The van der Waals surface area contributed by atoms with Crippen molar-refractivity contribution in [1.82, 2.24) is 9.97 Å². The second-order valence-corrected chi connectivity index (χ2v) is 4.78. The molecule has 3 rings (SSSR count). The lowest BCUT2D eigenvalue weighted by molar-refractivity contribution is 1.31. The number of thiazole rings is 1. The average Bonchev–Trinajstić information content (AvgIpc) is 2.76. The minimum Gasteiger partial charge on any atom is -0.340 e. The first-order valence-corrected chi connectivity index (χ1v) is 6.30. The summed E-state index contributed by atoms with van der Waals surface area (Å²) < 4.78 is 1.15. The van der Waals surface area contributed by atoms with Gasteiger partial charge >= 0.3 is 0 Å². The standard InChI is InChI=1S/C12H8ClN3S/c13-11-2-1-3-12(16-11)15-8-4-5-9-10(6-8)17-7-14-9/h1-7H,(H,15,16). The summed E-state index contributed by atoms with van der Waals surface area (Å²) in [5.41, 5.74) is 3.84. The lowest BCUT2D eigenvalue weighted by atomic mass is 10.3. The highest BCUT2D eigenvalue weighted by atomic mass is 35.5. The van der Waals surface area contributed by atoms with Crippen LogP contribution in [0, 0.1) is 0 Å². The summed E-state index contributed by atoms with van der Waals surface area (Å²) in [4.78, 5) is 8.41. The van der Waals surface area contributed by atoms with Crippen LogP contribution in [0.15, 0.2) is 41.9 Å². The van der Waals surface area contributed by atoms with Gasteiger partial charge in [0, 0.05) is 5.69 Å². The van der Waals surface area contributed by atoms with Gasteiger partial charge < -0.3 is 5.32 Å². The lowest BCUT2D eigenvalue weighted by Gasteiger charge is -2.05. The summed E-state index contributed by atoms with van der Waals surface area (Å²) in [6.45, 7) is 0. The van der Waals surface area contributed by atoms with Gasteiger partial charge in [-0.25, -0.2) is 9.97 Å². The summed E-state index contributed by atoms with van der Waals surface area (Å²) in [7, 11) is 0. The molecule has 0 bridgehead atoms. The second-order valence-electron chi connectivity index (χ2n) is 3.51. The first-order chi connectivity index (χ1) is 8.31. The number of hydrogen-bond acceptors (Lipinski definition) is 4. The Morgan fingerprint density at radius 2 is 2.12 bits per heavy atom. The van der Waals surface area contributed by atoms with Gasteiger partial charge in [-0.15, -0.1) is 11.3 Å². The molecule has 0 atom stereocenters. The van der Waals surface area contributed by atoms with Gasteiger partial charge in [0.1, 0.15) is 11.0 Å². The molecule has 3 aromatic rings. The fourth-order valence-electron chi connectivity index (χ4n) is 1.56. The molecule has 0 spiro atoms. The number of pyridine rings is 1. The van der Waals surface area contributed by atoms with E-state index in [4.69, 9.17) is 11.6 Å². The van der Waals surface area contributed by atoms with Crippen molar-refractivity contribution in [3.63, 3.8) is 0 Å². The Hall–Kier alpha value is -1.65. The molecule has 0 aliphatic rings. The zero-order chi connectivity index (χ0) is 11.7. The number of aromatic nitrogens is 2. The fraction of sp³-hybridized carbons (Fsp3) is 0. The normalized spacial score (nSPS) is 10.6. The van der Waals surface area contributed by atoms with E-state index in [1.165, 1.54) is 0 Å². The molecule has 0 fully saturated rings. The topological polar surface area (TPSA) is 37.8 Å². The van der Waals surface area contributed by atoms with Crippen LogP contribution in [0.5, 0.6) is 0 Å². The highest BCUT2D eigenvalue weighted by Gasteiger charge is 2.00. The number of halogens is 1. The van der Waals surface area contributed by atoms with Crippen LogP contribution in [-0.4, -0.2) is 9.97 Å². The maximum Gasteiger partial charge on any atom is 0.132 e. The van der Waals surface area contributed by atoms with Crippen molar-refractivity contribution >= 4 is 44.7 Å². The van der Waals surface area contributed by atoms with Crippen molar-refractivity contribution in [3.8, 4) is 0 Å². The lowest BCUT2D eigenvalue weighted by Crippen LogP contribution is -1.92. The number of rotatable bonds is 2. The summed E-state index contributed by atoms with van der Waals surface area (Å²) in [5.74, 6) is 0.737. The number of hydrogen-bond donors (Lipinski definition) is 1. The Bertz CT molecular complexity index is 665. The maximum absolute atomic E-state index is 5.83. The third kappa shape index (κ3) is 2.23. The summed E-state index contributed by atoms with van der Waals surface area (Å²) in [6.07, 6.45) is 0. The molecule has 0 aliphatic carbocycles. The Morgan fingerprint density at radius 3 is 3.00 bits per heavy atom. The Balaban J connectivity index is 1.94. The third-order valence-corrected chi connectivity index (χ3v) is 3.32. The molecular weight excluding hydrogens is 254 g/mol. The Morgan fingerprint density at radius 1 is 1.18 bits per heavy atom. The number of benzene rings is 1. The minimum atomic E-state index is 0.480. The number of nitrogens with one attached hydrogen (secondary N) is 1. The molecule has 0 saturated heterocycles. The van der Waals surface area contributed by atoms with E-state index in [-0.39, 0.29) is 0 Å². The molecule has 84 valence electrons. The van der Waals surface area contributed by atoms with Crippen LogP contribution in [0.25, 0.3) is 10.2 Å². The van der Waals surface area contributed by atoms with E-state index in [1.807, 2.05) is 29.8 Å². The van der Waals surface area contributed by atoms with Gasteiger partial charge in [0.2, 0.25) is 0 Å². The van der Waals surface area contributed by atoms with Gasteiger partial charge in [-0.1, -0.05) is 17.7 Å². The highest BCUT2D eigenvalue weighted by Crippen LogP contribution is 2.24. The number of anilines is 2. The molecular formula is C12H8ClN3S. The maximum atomic E-state index is 5.83. The smallest absolute Gasteiger partial charge is 0.132 e. The van der Waals surface area contributed by atoms with Crippen LogP contribution in [0.4, 0.5) is 11.5 Å². The molecule has 0 radical (unpaired) electrons. The zero-order valence-electron chi connectivity index (χ0n) is 8.72. The first kappa shape index (κ1) is 10.5. The van der Waals surface area contributed by atoms with E-state index in [2.05, 4.69) is 21.4 Å². The second kappa shape index (κ2) is 4.31. The van der Waals surface area contributed by atoms with Crippen LogP contribution < -0.4 is 5.32 Å². The monoisotopic (exact) mass is 261 g/mol. The van der Waals surface area contributed by atoms with E-state index < -0.39 is 0 Å². The van der Waals surface area contributed by atoms with Crippen LogP contribution in [0.2, 0.25) is 5.15 Å². The van der Waals surface area contributed by atoms with Gasteiger partial charge in [-0.3, -0.25) is 0 Å². The van der Waals surface area contributed by atoms with Gasteiger partial charge in [-0.2, -0.15) is 0 Å². The Kier molecular flexibility index (Phi) is 2.66. The van der Waals surface area contributed by atoms with Crippen molar-refractivity contribution in [3.05, 3.63) is 47.1 Å². The largest absolute Gasteiger partial charge is 0.340 e. The van der Waals surface area contributed by atoms with E-state index >= 15 is 0 Å². The molecule has 3 nitrogen and oxygen atoms in total. The van der Waals surface area contributed by atoms with Crippen LogP contribution in [0.1, 0.15) is 0 Å². The molecule has 0 unspecified atom stereocenters. The van der Waals surface area contributed by atoms with Crippen molar-refractivity contribution in [2.45, 2.75) is 0 Å². The van der Waals surface area contributed by atoms with Crippen LogP contribution >= 0.6 is 22.9 Å². The summed E-state index contributed by atoms with van der Waals surface area (Å²) >= 11 is 7.45. The van der Waals surface area contributed by atoms with Gasteiger partial charge in [0.25, 0.3) is 0 Å². The molecule has 17 heavy (non-hydrogen) atoms. The van der Waals surface area contributed by atoms with Crippen molar-refractivity contribution in [2.75, 3.05) is 5.32 Å². The average molecular weight is 262 g/mol. The SMILES string of the molecule is Clc1cccc(Nc2ccc3ncsc3c2)n1. The number of nitrogens with zero attached hydrogens (tertiary/aromatic N) is 2. The molecule has 2 aromatic heterocycles. The van der Waals surface area contributed by atoms with E-state index in [0.717, 1.165) is 21.7 Å². The van der Waals surface area contributed by atoms with Gasteiger partial charge in [0.05, 0.1) is 15.7 Å². The molecule has 0 amide bonds. The van der Waals surface area contributed by atoms with Crippen molar-refractivity contribution < 1.29 is 0 Å². The molecule has 5 heteroatoms. The predicted octanol–water partition coefficient (Wildman–Crippen LogP) is 4.09. The summed E-state index contributed by atoms with van der Waals surface area (Å²) in [6, 6.07) is 11.5. The van der Waals surface area contributed by atoms with E-state index in [9.17, 15) is 0 Å². The van der Waals surface area contributed by atoms with Crippen LogP contribution in [0.3, 0.4) is 0 Å². The minimum absolute atomic E-state index is 0.480. The fourth-order valence-corrected chi connectivity index (χ4v) is 2.44. The van der Waals surface area contributed by atoms with Gasteiger partial charge in [0.15, 0.2) is 0 Å². The highest BCUT2D eigenvalue weighted by molar-refractivity contribution is 7.16.